The summed E-state index contributed by atoms with van der Waals surface area (Å²) in [6, 6.07) is 4.03. The van der Waals surface area contributed by atoms with Crippen LogP contribution < -0.4 is 5.73 Å². The Morgan fingerprint density at radius 1 is 1.24 bits per heavy atom. The van der Waals surface area contributed by atoms with Crippen molar-refractivity contribution >= 4 is 17.1 Å². The first kappa shape index (κ1) is 23.7. The summed E-state index contributed by atoms with van der Waals surface area (Å²) in [7, 11) is 0. The fourth-order valence-corrected chi connectivity index (χ4v) is 4.83. The average molecular weight is 458 g/mol. The minimum absolute atomic E-state index is 0.00303. The van der Waals surface area contributed by atoms with E-state index in [4.69, 9.17) is 5.73 Å². The zero-order chi connectivity index (χ0) is 24.8. The number of nitrogens with two attached hydrogens (primary N) is 1. The number of rotatable bonds is 5. The van der Waals surface area contributed by atoms with Crippen LogP contribution in [0.4, 0.5) is 0 Å². The Morgan fingerprint density at radius 2 is 1.94 bits per heavy atom. The Bertz CT molecular complexity index is 1190. The Labute approximate surface area is 202 Å². The monoisotopic (exact) mass is 457 g/mol. The quantitative estimate of drug-likeness (QED) is 0.601. The second kappa shape index (κ2) is 8.71. The number of hydrogen-bond donors (Lipinski definition) is 2. The van der Waals surface area contributed by atoms with Crippen LogP contribution in [0.3, 0.4) is 0 Å². The van der Waals surface area contributed by atoms with E-state index in [1.165, 1.54) is 0 Å². The summed E-state index contributed by atoms with van der Waals surface area (Å²) < 4.78 is 0. The SMILES string of the molecule is C=C/C(=C\C=C(/N)N1CCC1)c1cc2c(cc1O)C1=CC(=C)C(C(C)=O)=CN1C(C(C)(C)C)C2. The molecule has 0 amide bonds. The summed E-state index contributed by atoms with van der Waals surface area (Å²) in [5, 5.41) is 11.0. The van der Waals surface area contributed by atoms with Gasteiger partial charge in [-0.15, -0.1) is 0 Å². The van der Waals surface area contributed by atoms with Gasteiger partial charge >= 0.3 is 0 Å². The van der Waals surface area contributed by atoms with Crippen LogP contribution in [0.15, 0.2) is 72.8 Å². The largest absolute Gasteiger partial charge is 0.507 e. The van der Waals surface area contributed by atoms with Crippen molar-refractivity contribution in [3.63, 3.8) is 0 Å². The molecule has 1 saturated heterocycles. The van der Waals surface area contributed by atoms with Crippen LogP contribution in [-0.4, -0.2) is 39.8 Å². The first-order chi connectivity index (χ1) is 16.0. The molecule has 3 heterocycles. The number of aromatic hydroxyl groups is 1. The zero-order valence-electron chi connectivity index (χ0n) is 20.7. The lowest BCUT2D eigenvalue weighted by molar-refractivity contribution is -0.113. The predicted molar refractivity (Wildman–Crippen MR) is 139 cm³/mol. The molecule has 0 spiro atoms. The highest BCUT2D eigenvalue weighted by molar-refractivity contribution is 6.00. The fourth-order valence-electron chi connectivity index (χ4n) is 4.83. The number of likely N-dealkylation sites (tertiary alicyclic amines) is 1. The maximum absolute atomic E-state index is 12.2. The summed E-state index contributed by atoms with van der Waals surface area (Å²) in [5.74, 6) is 0.913. The molecule has 3 aliphatic heterocycles. The lowest BCUT2D eigenvalue weighted by Crippen LogP contribution is -2.45. The number of allylic oxidation sites excluding steroid dienone is 7. The van der Waals surface area contributed by atoms with Crippen molar-refractivity contribution in [1.82, 2.24) is 9.80 Å². The van der Waals surface area contributed by atoms with E-state index in [0.29, 0.717) is 11.1 Å². The molecule has 1 unspecified atom stereocenters. The summed E-state index contributed by atoms with van der Waals surface area (Å²) >= 11 is 0. The molecular weight excluding hydrogens is 422 g/mol. The van der Waals surface area contributed by atoms with Gasteiger partial charge < -0.3 is 20.6 Å². The lowest BCUT2D eigenvalue weighted by atomic mass is 9.76. The molecule has 0 radical (unpaired) electrons. The van der Waals surface area contributed by atoms with E-state index in [1.807, 2.05) is 30.5 Å². The zero-order valence-corrected chi connectivity index (χ0v) is 20.7. The molecule has 4 rings (SSSR count). The maximum Gasteiger partial charge on any atom is 0.161 e. The number of benzene rings is 1. The molecule has 0 bridgehead atoms. The van der Waals surface area contributed by atoms with Gasteiger partial charge in [-0.1, -0.05) is 46.1 Å². The number of phenols is 1. The normalized spacial score (nSPS) is 20.7. The van der Waals surface area contributed by atoms with E-state index in [-0.39, 0.29) is 23.0 Å². The molecule has 5 nitrogen and oxygen atoms in total. The van der Waals surface area contributed by atoms with Gasteiger partial charge in [0.05, 0.1) is 5.82 Å². The molecular formula is C29H35N3O2. The number of Topliss-reactive ketones (excluding diaryl/α,β-unsaturated/α-hetero) is 1. The third-order valence-electron chi connectivity index (χ3n) is 7.01. The van der Waals surface area contributed by atoms with Gasteiger partial charge in [0.25, 0.3) is 0 Å². The van der Waals surface area contributed by atoms with Crippen LogP contribution in [0.5, 0.6) is 5.75 Å². The number of carbonyl (C=O) groups is 1. The number of ketones is 1. The highest BCUT2D eigenvalue weighted by Gasteiger charge is 2.38. The standard InChI is InChI=1S/C29H35N3O2/c1-7-20(9-10-28(30)31-11-8-12-31)23-14-21-15-27(29(4,5)6)32-17-24(19(3)33)18(2)13-25(32)22(21)16-26(23)34/h7,9-10,13-14,16-17,27,34H,1-2,8,11-12,15,30H2,3-6H3/b20-9+,28-10+. The molecule has 5 heteroatoms. The highest BCUT2D eigenvalue weighted by Crippen LogP contribution is 2.45. The van der Waals surface area contributed by atoms with Gasteiger partial charge in [-0.05, 0) is 66.2 Å². The molecule has 34 heavy (non-hydrogen) atoms. The van der Waals surface area contributed by atoms with Crippen molar-refractivity contribution in [3.05, 3.63) is 89.5 Å². The summed E-state index contributed by atoms with van der Waals surface area (Å²) in [4.78, 5) is 16.5. The van der Waals surface area contributed by atoms with Crippen LogP contribution >= 0.6 is 0 Å². The number of nitrogens with zero attached hydrogens (tertiary/aromatic N) is 2. The van der Waals surface area contributed by atoms with Gasteiger partial charge in [0.2, 0.25) is 0 Å². The Kier molecular flexibility index (Phi) is 6.07. The number of fused-ring (bicyclic) bond motifs is 3. The van der Waals surface area contributed by atoms with Crippen molar-refractivity contribution in [3.8, 4) is 5.75 Å². The van der Waals surface area contributed by atoms with E-state index in [2.05, 4.69) is 49.8 Å². The van der Waals surface area contributed by atoms with Gasteiger partial charge in [0.1, 0.15) is 5.75 Å². The maximum atomic E-state index is 12.2. The second-order valence-corrected chi connectivity index (χ2v) is 10.4. The van der Waals surface area contributed by atoms with E-state index in [0.717, 1.165) is 59.7 Å². The molecule has 1 aromatic rings. The summed E-state index contributed by atoms with van der Waals surface area (Å²) in [6.45, 7) is 18.3. The first-order valence-electron chi connectivity index (χ1n) is 11.8. The molecule has 0 aromatic heterocycles. The minimum Gasteiger partial charge on any atom is -0.507 e. The van der Waals surface area contributed by atoms with Crippen molar-refractivity contribution in [2.24, 2.45) is 11.1 Å². The van der Waals surface area contributed by atoms with Gasteiger partial charge in [-0.25, -0.2) is 0 Å². The molecule has 178 valence electrons. The fraction of sp³-hybridized carbons (Fsp3) is 0.345. The van der Waals surface area contributed by atoms with Gasteiger partial charge in [0, 0.05) is 47.7 Å². The van der Waals surface area contributed by atoms with Gasteiger partial charge in [-0.3, -0.25) is 4.79 Å². The van der Waals surface area contributed by atoms with Crippen LogP contribution in [0.2, 0.25) is 0 Å². The van der Waals surface area contributed by atoms with E-state index >= 15 is 0 Å². The third-order valence-corrected chi connectivity index (χ3v) is 7.01. The average Bonchev–Trinajstić information content (AvgIpc) is 2.71. The smallest absolute Gasteiger partial charge is 0.161 e. The van der Waals surface area contributed by atoms with Crippen molar-refractivity contribution in [2.75, 3.05) is 13.1 Å². The first-order valence-corrected chi connectivity index (χ1v) is 11.8. The molecule has 1 aromatic carbocycles. The van der Waals surface area contributed by atoms with Crippen molar-refractivity contribution in [1.29, 1.82) is 0 Å². The summed E-state index contributed by atoms with van der Waals surface area (Å²) in [5.41, 5.74) is 12.1. The third kappa shape index (κ3) is 4.23. The second-order valence-electron chi connectivity index (χ2n) is 10.4. The van der Waals surface area contributed by atoms with E-state index < -0.39 is 0 Å². The van der Waals surface area contributed by atoms with E-state index in [1.54, 1.807) is 13.0 Å². The molecule has 0 saturated carbocycles. The van der Waals surface area contributed by atoms with Crippen LogP contribution in [-0.2, 0) is 11.2 Å². The van der Waals surface area contributed by atoms with Crippen LogP contribution in [0.25, 0.3) is 11.3 Å². The lowest BCUT2D eigenvalue weighted by Gasteiger charge is -2.46. The molecule has 1 atom stereocenters. The van der Waals surface area contributed by atoms with Crippen molar-refractivity contribution in [2.45, 2.75) is 46.6 Å². The number of phenolic OH excluding ortho intramolecular Hbond substituents is 1. The van der Waals surface area contributed by atoms with Gasteiger partial charge in [-0.2, -0.15) is 0 Å². The Balaban J connectivity index is 1.80. The number of carbonyl (C=O) groups excluding carboxylic acids is 1. The van der Waals surface area contributed by atoms with Crippen molar-refractivity contribution < 1.29 is 9.90 Å². The highest BCUT2D eigenvalue weighted by atomic mass is 16.3. The molecule has 0 aliphatic carbocycles. The van der Waals surface area contributed by atoms with Gasteiger partial charge in [0.15, 0.2) is 5.78 Å². The molecule has 3 aliphatic rings. The Hall–Kier alpha value is -3.47. The predicted octanol–water partition coefficient (Wildman–Crippen LogP) is 5.12. The molecule has 1 fully saturated rings. The minimum atomic E-state index is -0.0442. The summed E-state index contributed by atoms with van der Waals surface area (Å²) in [6.07, 6.45) is 11.4. The molecule has 3 N–H and O–H groups in total. The number of hydrogen-bond acceptors (Lipinski definition) is 5. The van der Waals surface area contributed by atoms with Crippen LogP contribution in [0.1, 0.15) is 50.8 Å². The Morgan fingerprint density at radius 3 is 2.50 bits per heavy atom. The van der Waals surface area contributed by atoms with Crippen LogP contribution in [0, 0.1) is 5.41 Å². The van der Waals surface area contributed by atoms with E-state index in [9.17, 15) is 9.90 Å². The topological polar surface area (TPSA) is 69.8 Å².